The van der Waals surface area contributed by atoms with Gasteiger partial charge in [-0.15, -0.1) is 0 Å². The van der Waals surface area contributed by atoms with Crippen molar-refractivity contribution in [2.45, 2.75) is 24.2 Å². The number of nitrogens with one attached hydrogen (secondary N) is 2. The molecule has 2 aliphatic rings. The third-order valence-corrected chi connectivity index (χ3v) is 6.60. The number of benzene rings is 1. The van der Waals surface area contributed by atoms with Gasteiger partial charge in [0.15, 0.2) is 4.36 Å². The molecular formula is C15H19ClN2O2S. The van der Waals surface area contributed by atoms with Crippen LogP contribution in [0.3, 0.4) is 0 Å². The Bertz CT molecular complexity index is 664. The molecule has 0 bridgehead atoms. The predicted molar refractivity (Wildman–Crippen MR) is 84.6 cm³/mol. The van der Waals surface area contributed by atoms with Gasteiger partial charge in [-0.1, -0.05) is 29.8 Å². The van der Waals surface area contributed by atoms with Crippen LogP contribution in [0, 0.1) is 5.92 Å². The van der Waals surface area contributed by atoms with Crippen molar-refractivity contribution in [3.05, 3.63) is 34.2 Å². The Morgan fingerprint density at radius 1 is 1.24 bits per heavy atom. The Balaban J connectivity index is 1.71. The van der Waals surface area contributed by atoms with Crippen LogP contribution in [-0.4, -0.2) is 28.1 Å². The van der Waals surface area contributed by atoms with Crippen molar-refractivity contribution in [3.8, 4) is 0 Å². The van der Waals surface area contributed by atoms with Gasteiger partial charge in [-0.3, -0.25) is 0 Å². The number of rotatable bonds is 4. The van der Waals surface area contributed by atoms with Gasteiger partial charge in [0, 0.05) is 12.1 Å². The van der Waals surface area contributed by atoms with E-state index in [1.165, 1.54) is 12.8 Å². The summed E-state index contributed by atoms with van der Waals surface area (Å²) in [7, 11) is -3.52. The highest BCUT2D eigenvalue weighted by Gasteiger charge is 2.34. The highest BCUT2D eigenvalue weighted by atomic mass is 35.5. The molecule has 3 rings (SSSR count). The molecule has 114 valence electrons. The molecule has 1 fully saturated rings. The Labute approximate surface area is 130 Å². The average Bonchev–Trinajstić information content (AvgIpc) is 2.70. The van der Waals surface area contributed by atoms with E-state index in [1.54, 1.807) is 18.2 Å². The second-order valence-electron chi connectivity index (χ2n) is 5.56. The summed E-state index contributed by atoms with van der Waals surface area (Å²) < 4.78 is 24.4. The van der Waals surface area contributed by atoms with Crippen LogP contribution in [0.5, 0.6) is 0 Å². The van der Waals surface area contributed by atoms with Gasteiger partial charge in [0.05, 0.1) is 10.6 Å². The van der Waals surface area contributed by atoms with Crippen molar-refractivity contribution in [1.82, 2.24) is 10.6 Å². The van der Waals surface area contributed by atoms with E-state index >= 15 is 0 Å². The number of hydrogen-bond acceptors (Lipinski definition) is 4. The van der Waals surface area contributed by atoms with Crippen molar-refractivity contribution in [2.75, 3.05) is 19.6 Å². The van der Waals surface area contributed by atoms with Gasteiger partial charge >= 0.3 is 0 Å². The maximum Gasteiger partial charge on any atom is 0.220 e. The highest BCUT2D eigenvalue weighted by molar-refractivity contribution is 7.97. The molecule has 2 heterocycles. The van der Waals surface area contributed by atoms with Gasteiger partial charge in [-0.2, -0.15) is 0 Å². The number of sulfone groups is 1. The minimum absolute atomic E-state index is 0.0750. The van der Waals surface area contributed by atoms with E-state index in [-0.39, 0.29) is 4.36 Å². The molecule has 0 aromatic heterocycles. The summed E-state index contributed by atoms with van der Waals surface area (Å²) in [6.45, 7) is 2.90. The summed E-state index contributed by atoms with van der Waals surface area (Å²) in [4.78, 5) is 0.305. The summed E-state index contributed by atoms with van der Waals surface area (Å²) >= 11 is 6.08. The number of piperidine rings is 1. The van der Waals surface area contributed by atoms with E-state index in [9.17, 15) is 8.42 Å². The quantitative estimate of drug-likeness (QED) is 0.891. The average molecular weight is 327 g/mol. The fraction of sp³-hybridized carbons (Fsp3) is 0.467. The molecule has 0 unspecified atom stereocenters. The first kappa shape index (κ1) is 14.9. The molecule has 1 saturated heterocycles. The van der Waals surface area contributed by atoms with E-state index < -0.39 is 9.84 Å². The van der Waals surface area contributed by atoms with Crippen LogP contribution in [0.2, 0.25) is 0 Å². The monoisotopic (exact) mass is 326 g/mol. The molecule has 21 heavy (non-hydrogen) atoms. The first-order chi connectivity index (χ1) is 10.1. The smallest absolute Gasteiger partial charge is 0.220 e. The van der Waals surface area contributed by atoms with Gasteiger partial charge in [0.2, 0.25) is 9.84 Å². The standard InChI is InChI=1S/C15H19ClN2O2S/c16-15-14(18-10-7-11-5-8-17-9-6-11)12-3-1-2-4-13(12)21(15,19)20/h1-4,11,17-18H,5-10H2. The van der Waals surface area contributed by atoms with Crippen LogP contribution in [0.4, 0.5) is 0 Å². The van der Waals surface area contributed by atoms with Crippen LogP contribution >= 0.6 is 11.6 Å². The Hall–Kier alpha value is -1.04. The molecule has 1 aromatic carbocycles. The second-order valence-corrected chi connectivity index (χ2v) is 8.01. The Morgan fingerprint density at radius 3 is 2.71 bits per heavy atom. The zero-order chi connectivity index (χ0) is 14.9. The van der Waals surface area contributed by atoms with E-state index in [0.29, 0.717) is 22.1 Å². The summed E-state index contributed by atoms with van der Waals surface area (Å²) in [6, 6.07) is 6.96. The summed E-state index contributed by atoms with van der Waals surface area (Å²) in [5.74, 6) is 0.700. The SMILES string of the molecule is O=S1(=O)C(Cl)=C(NCCC2CCNCC2)c2ccccc21. The molecule has 0 aliphatic carbocycles. The third-order valence-electron chi connectivity index (χ3n) is 4.19. The first-order valence-corrected chi connectivity index (χ1v) is 9.15. The number of fused-ring (bicyclic) bond motifs is 1. The first-order valence-electron chi connectivity index (χ1n) is 7.29. The minimum atomic E-state index is -3.52. The van der Waals surface area contributed by atoms with Crippen molar-refractivity contribution in [3.63, 3.8) is 0 Å². The molecular weight excluding hydrogens is 308 g/mol. The highest BCUT2D eigenvalue weighted by Crippen LogP contribution is 2.39. The van der Waals surface area contributed by atoms with Crippen molar-refractivity contribution >= 4 is 27.1 Å². The number of halogens is 1. The zero-order valence-corrected chi connectivity index (χ0v) is 13.3. The summed E-state index contributed by atoms with van der Waals surface area (Å²) in [5, 5.41) is 6.59. The van der Waals surface area contributed by atoms with E-state index in [1.807, 2.05) is 6.07 Å². The molecule has 2 N–H and O–H groups in total. The number of hydrogen-bond donors (Lipinski definition) is 2. The molecule has 0 saturated carbocycles. The van der Waals surface area contributed by atoms with Crippen molar-refractivity contribution in [2.24, 2.45) is 5.92 Å². The lowest BCUT2D eigenvalue weighted by molar-refractivity contribution is 0.354. The predicted octanol–water partition coefficient (Wildman–Crippen LogP) is 2.32. The van der Waals surface area contributed by atoms with Gasteiger partial charge in [-0.05, 0) is 44.3 Å². The van der Waals surface area contributed by atoms with Gasteiger partial charge in [0.1, 0.15) is 0 Å². The van der Waals surface area contributed by atoms with Gasteiger partial charge in [-0.25, -0.2) is 8.42 Å². The van der Waals surface area contributed by atoms with E-state index in [0.717, 1.165) is 26.1 Å². The summed E-state index contributed by atoms with van der Waals surface area (Å²) in [6.07, 6.45) is 3.41. The van der Waals surface area contributed by atoms with E-state index in [2.05, 4.69) is 10.6 Å². The summed E-state index contributed by atoms with van der Waals surface area (Å²) in [5.41, 5.74) is 1.24. The lowest BCUT2D eigenvalue weighted by Gasteiger charge is -2.22. The maximum absolute atomic E-state index is 12.2. The largest absolute Gasteiger partial charge is 0.383 e. The minimum Gasteiger partial charge on any atom is -0.383 e. The topological polar surface area (TPSA) is 58.2 Å². The van der Waals surface area contributed by atoms with Crippen molar-refractivity contribution in [1.29, 1.82) is 0 Å². The molecule has 0 spiro atoms. The molecule has 0 radical (unpaired) electrons. The fourth-order valence-electron chi connectivity index (χ4n) is 2.98. The normalized spacial score (nSPS) is 21.4. The van der Waals surface area contributed by atoms with Crippen LogP contribution in [0.25, 0.3) is 5.70 Å². The van der Waals surface area contributed by atoms with Crippen LogP contribution in [0.15, 0.2) is 33.5 Å². The van der Waals surface area contributed by atoms with Crippen LogP contribution in [-0.2, 0) is 9.84 Å². The second kappa shape index (κ2) is 5.99. The van der Waals surface area contributed by atoms with Gasteiger partial charge < -0.3 is 10.6 Å². The fourth-order valence-corrected chi connectivity index (χ4v) is 4.76. The van der Waals surface area contributed by atoms with Crippen molar-refractivity contribution < 1.29 is 8.42 Å². The Kier molecular flexibility index (Phi) is 4.24. The third kappa shape index (κ3) is 2.82. The molecule has 0 amide bonds. The van der Waals surface area contributed by atoms with Crippen LogP contribution < -0.4 is 10.6 Å². The maximum atomic E-state index is 12.2. The Morgan fingerprint density at radius 2 is 1.95 bits per heavy atom. The molecule has 4 nitrogen and oxygen atoms in total. The van der Waals surface area contributed by atoms with E-state index in [4.69, 9.17) is 11.6 Å². The van der Waals surface area contributed by atoms with Crippen LogP contribution in [0.1, 0.15) is 24.8 Å². The molecule has 1 aromatic rings. The molecule has 6 heteroatoms. The zero-order valence-electron chi connectivity index (χ0n) is 11.7. The molecule has 0 atom stereocenters. The van der Waals surface area contributed by atoms with Gasteiger partial charge in [0.25, 0.3) is 0 Å². The molecule has 2 aliphatic heterocycles. The lowest BCUT2D eigenvalue weighted by Crippen LogP contribution is -2.29. The lowest BCUT2D eigenvalue weighted by atomic mass is 9.95.